The molecule has 0 bridgehead atoms. The summed E-state index contributed by atoms with van der Waals surface area (Å²) in [7, 11) is 4.39. The Hall–Kier alpha value is -4.50. The highest BCUT2D eigenvalue weighted by molar-refractivity contribution is 6.31. The quantitative estimate of drug-likeness (QED) is 0.287. The number of aliphatic hydroxyl groups excluding tert-OH is 1. The van der Waals surface area contributed by atoms with Crippen LogP contribution in [0.2, 0.25) is 5.02 Å². The van der Waals surface area contributed by atoms with Crippen LogP contribution in [0.1, 0.15) is 22.2 Å². The minimum Gasteiger partial charge on any atom is -0.503 e. The van der Waals surface area contributed by atoms with Crippen LogP contribution in [-0.2, 0) is 4.79 Å². The third kappa shape index (κ3) is 4.01. The number of rotatable bonds is 7. The number of para-hydroxylation sites is 1. The first-order valence-electron chi connectivity index (χ1n) is 11.3. The smallest absolute Gasteiger partial charge is 0.294 e. The first kappa shape index (κ1) is 25.2. The van der Waals surface area contributed by atoms with Gasteiger partial charge in [0.1, 0.15) is 5.82 Å². The molecule has 0 saturated carbocycles. The van der Waals surface area contributed by atoms with Gasteiger partial charge >= 0.3 is 0 Å². The topological polar surface area (TPSA) is 98.4 Å². The molecular formula is C28H21ClFNO7. The lowest BCUT2D eigenvalue weighted by Gasteiger charge is -2.27. The summed E-state index contributed by atoms with van der Waals surface area (Å²) in [5.74, 6) is -1.99. The maximum atomic E-state index is 13.9. The molecule has 8 nitrogen and oxygen atoms in total. The normalized spacial score (nSPS) is 15.3. The summed E-state index contributed by atoms with van der Waals surface area (Å²) in [5, 5.41) is 11.4. The lowest BCUT2D eigenvalue weighted by Crippen LogP contribution is -2.31. The first-order chi connectivity index (χ1) is 18.3. The molecule has 3 aromatic carbocycles. The zero-order chi connectivity index (χ0) is 27.1. The highest BCUT2D eigenvalue weighted by Gasteiger charge is 2.46. The maximum Gasteiger partial charge on any atom is 0.294 e. The van der Waals surface area contributed by atoms with Crippen molar-refractivity contribution < 1.29 is 37.7 Å². The van der Waals surface area contributed by atoms with Gasteiger partial charge in [-0.05, 0) is 48.0 Å². The van der Waals surface area contributed by atoms with E-state index in [9.17, 15) is 19.1 Å². The van der Waals surface area contributed by atoms with Crippen molar-refractivity contribution in [3.05, 3.63) is 94.2 Å². The highest BCUT2D eigenvalue weighted by atomic mass is 35.5. The molecule has 1 amide bonds. The Morgan fingerprint density at radius 3 is 2.39 bits per heavy atom. The first-order valence-corrected chi connectivity index (χ1v) is 11.7. The van der Waals surface area contributed by atoms with Gasteiger partial charge in [-0.15, -0.1) is 0 Å². The number of anilines is 1. The average molecular weight is 538 g/mol. The SMILES string of the molecule is COc1ccc(C2C(C(=O)c3cc4cccc(OC)c4o3)=C(O)C(=O)N2c2ccc(F)c(Cl)c2)cc1OC. The van der Waals surface area contributed by atoms with Crippen molar-refractivity contribution in [2.45, 2.75) is 6.04 Å². The zero-order valence-electron chi connectivity index (χ0n) is 20.5. The van der Waals surface area contributed by atoms with E-state index in [4.69, 9.17) is 30.2 Å². The van der Waals surface area contributed by atoms with Gasteiger partial charge in [0.05, 0.1) is 38.0 Å². The van der Waals surface area contributed by atoms with E-state index in [-0.39, 0.29) is 22.0 Å². The number of aliphatic hydroxyl groups is 1. The van der Waals surface area contributed by atoms with Crippen LogP contribution in [0.5, 0.6) is 17.2 Å². The Morgan fingerprint density at radius 1 is 0.974 bits per heavy atom. The van der Waals surface area contributed by atoms with Crippen molar-refractivity contribution in [3.8, 4) is 17.2 Å². The molecule has 38 heavy (non-hydrogen) atoms. The number of Topliss-reactive ketones (excluding diaryl/α,β-unsaturated/α-hetero) is 1. The minimum atomic E-state index is -1.13. The van der Waals surface area contributed by atoms with E-state index in [1.165, 1.54) is 44.4 Å². The molecule has 4 aromatic rings. The van der Waals surface area contributed by atoms with E-state index in [2.05, 4.69) is 0 Å². The van der Waals surface area contributed by atoms with Crippen LogP contribution in [0.4, 0.5) is 10.1 Å². The summed E-state index contributed by atoms with van der Waals surface area (Å²) in [6, 6.07) is 14.0. The molecule has 1 aromatic heterocycles. The molecule has 0 aliphatic carbocycles. The molecule has 0 saturated heterocycles. The van der Waals surface area contributed by atoms with Crippen molar-refractivity contribution >= 4 is 39.9 Å². The van der Waals surface area contributed by atoms with Gasteiger partial charge in [-0.1, -0.05) is 29.8 Å². The fourth-order valence-corrected chi connectivity index (χ4v) is 4.69. The molecule has 5 rings (SSSR count). The fraction of sp³-hybridized carbons (Fsp3) is 0.143. The molecule has 1 unspecified atom stereocenters. The number of carbonyl (C=O) groups excluding carboxylic acids is 2. The summed E-state index contributed by atoms with van der Waals surface area (Å²) in [6.45, 7) is 0. The summed E-state index contributed by atoms with van der Waals surface area (Å²) >= 11 is 6.01. The van der Waals surface area contributed by atoms with Gasteiger partial charge in [-0.3, -0.25) is 14.5 Å². The van der Waals surface area contributed by atoms with Gasteiger partial charge in [0.2, 0.25) is 5.78 Å². The zero-order valence-corrected chi connectivity index (χ0v) is 21.2. The van der Waals surface area contributed by atoms with E-state index in [0.717, 1.165) is 6.07 Å². The van der Waals surface area contributed by atoms with Crippen molar-refractivity contribution in [1.29, 1.82) is 0 Å². The number of amides is 1. The number of halogens is 2. The van der Waals surface area contributed by atoms with Gasteiger partial charge in [0.25, 0.3) is 5.91 Å². The molecule has 10 heteroatoms. The fourth-order valence-electron chi connectivity index (χ4n) is 4.52. The summed E-state index contributed by atoms with van der Waals surface area (Å²) in [5.41, 5.74) is 0.688. The second-order valence-corrected chi connectivity index (χ2v) is 8.78. The van der Waals surface area contributed by atoms with E-state index in [0.29, 0.717) is 33.8 Å². The Bertz CT molecular complexity index is 1630. The monoisotopic (exact) mass is 537 g/mol. The number of nitrogens with zero attached hydrogens (tertiary/aromatic N) is 1. The molecule has 1 atom stereocenters. The molecule has 1 N–H and O–H groups in total. The van der Waals surface area contributed by atoms with Gasteiger partial charge < -0.3 is 23.7 Å². The van der Waals surface area contributed by atoms with E-state index in [1.807, 2.05) is 0 Å². The number of carbonyl (C=O) groups is 2. The number of benzene rings is 3. The summed E-state index contributed by atoms with van der Waals surface area (Å²) < 4.78 is 35.8. The van der Waals surface area contributed by atoms with Gasteiger partial charge in [0.15, 0.2) is 34.4 Å². The van der Waals surface area contributed by atoms with Gasteiger partial charge in [0, 0.05) is 11.1 Å². The molecule has 0 fully saturated rings. The number of furan rings is 1. The standard InChI is InChI=1S/C28H21ClFNO7/c1-35-19-10-7-14(11-21(19)37-3)24-23(25(32)22-12-15-5-4-6-20(36-2)27(15)38-22)26(33)28(34)31(24)16-8-9-18(30)17(29)13-16/h4-13,24,33H,1-3H3. The van der Waals surface area contributed by atoms with Crippen LogP contribution in [0.15, 0.2) is 76.4 Å². The predicted molar refractivity (Wildman–Crippen MR) is 138 cm³/mol. The van der Waals surface area contributed by atoms with E-state index >= 15 is 0 Å². The number of hydrogen-bond donors (Lipinski definition) is 1. The lowest BCUT2D eigenvalue weighted by molar-refractivity contribution is -0.117. The Balaban J connectivity index is 1.69. The third-order valence-electron chi connectivity index (χ3n) is 6.31. The maximum absolute atomic E-state index is 13.9. The molecule has 0 spiro atoms. The van der Waals surface area contributed by atoms with Crippen molar-refractivity contribution in [2.75, 3.05) is 26.2 Å². The van der Waals surface area contributed by atoms with Crippen molar-refractivity contribution in [1.82, 2.24) is 0 Å². The van der Waals surface area contributed by atoms with Crippen LogP contribution in [0.25, 0.3) is 11.0 Å². The molecule has 194 valence electrons. The van der Waals surface area contributed by atoms with Crippen LogP contribution in [-0.4, -0.2) is 38.1 Å². The molecule has 1 aliphatic heterocycles. The Morgan fingerprint density at radius 2 is 1.71 bits per heavy atom. The number of fused-ring (bicyclic) bond motifs is 1. The molecule has 2 heterocycles. The highest BCUT2D eigenvalue weighted by Crippen LogP contribution is 2.45. The largest absolute Gasteiger partial charge is 0.503 e. The lowest BCUT2D eigenvalue weighted by atomic mass is 9.94. The number of methoxy groups -OCH3 is 3. The molecule has 0 radical (unpaired) electrons. The van der Waals surface area contributed by atoms with Crippen LogP contribution >= 0.6 is 11.6 Å². The Kier molecular flexibility index (Phi) is 6.46. The number of hydrogen-bond acceptors (Lipinski definition) is 7. The molecule has 1 aliphatic rings. The van der Waals surface area contributed by atoms with Crippen molar-refractivity contribution in [2.24, 2.45) is 0 Å². The summed E-state index contributed by atoms with van der Waals surface area (Å²) in [4.78, 5) is 28.4. The molecular weight excluding hydrogens is 517 g/mol. The van der Waals surface area contributed by atoms with E-state index in [1.54, 1.807) is 36.4 Å². The third-order valence-corrected chi connectivity index (χ3v) is 6.60. The Labute approximate surface area is 221 Å². The average Bonchev–Trinajstić information content (AvgIpc) is 3.48. The number of ketones is 1. The van der Waals surface area contributed by atoms with Gasteiger partial charge in [-0.2, -0.15) is 0 Å². The van der Waals surface area contributed by atoms with Crippen LogP contribution in [0.3, 0.4) is 0 Å². The van der Waals surface area contributed by atoms with E-state index < -0.39 is 29.3 Å². The minimum absolute atomic E-state index is 0.108. The predicted octanol–water partition coefficient (Wildman–Crippen LogP) is 6.03. The summed E-state index contributed by atoms with van der Waals surface area (Å²) in [6.07, 6.45) is 0. The van der Waals surface area contributed by atoms with Crippen LogP contribution < -0.4 is 19.1 Å². The number of ether oxygens (including phenoxy) is 3. The second kappa shape index (κ2) is 9.75. The van der Waals surface area contributed by atoms with Gasteiger partial charge in [-0.25, -0.2) is 4.39 Å². The van der Waals surface area contributed by atoms with Crippen molar-refractivity contribution in [3.63, 3.8) is 0 Å². The second-order valence-electron chi connectivity index (χ2n) is 8.37. The van der Waals surface area contributed by atoms with Crippen LogP contribution in [0, 0.1) is 5.82 Å².